The predicted molar refractivity (Wildman–Crippen MR) is 99.1 cm³/mol. The van der Waals surface area contributed by atoms with Crippen molar-refractivity contribution in [2.45, 2.75) is 19.6 Å². The molecule has 3 aromatic rings. The molecule has 2 heterocycles. The number of amides is 1. The molecular formula is C20H17F3N4O. The lowest BCUT2D eigenvalue weighted by Gasteiger charge is -2.13. The average Bonchev–Trinajstić information content (AvgIpc) is 2.67. The zero-order valence-corrected chi connectivity index (χ0v) is 14.9. The van der Waals surface area contributed by atoms with E-state index in [1.54, 1.807) is 18.3 Å². The molecule has 2 N–H and O–H groups in total. The molecule has 0 aliphatic heterocycles. The molecule has 0 spiro atoms. The first-order chi connectivity index (χ1) is 13.3. The highest BCUT2D eigenvalue weighted by Gasteiger charge is 2.30. The van der Waals surface area contributed by atoms with E-state index in [9.17, 15) is 18.0 Å². The summed E-state index contributed by atoms with van der Waals surface area (Å²) in [5.41, 5.74) is 1.32. The van der Waals surface area contributed by atoms with Crippen molar-refractivity contribution in [2.24, 2.45) is 0 Å². The second-order valence-electron chi connectivity index (χ2n) is 6.09. The minimum absolute atomic E-state index is 0.168. The van der Waals surface area contributed by atoms with Gasteiger partial charge >= 0.3 is 6.18 Å². The number of hydrogen-bond donors (Lipinski definition) is 2. The normalized spacial score (nSPS) is 11.1. The second kappa shape index (κ2) is 8.08. The smallest absolute Gasteiger partial charge is 0.348 e. The highest BCUT2D eigenvalue weighted by atomic mass is 19.4. The standard InChI is InChI=1S/C20H17F3N4O/c1-13-7-8-14(11-25-13)12-26-19(28)17-6-3-9-24-18(17)27-16-5-2-4-15(10-16)20(21,22)23/h2-11H,12H2,1H3,(H,24,27)(H,26,28). The van der Waals surface area contributed by atoms with Crippen LogP contribution in [0.5, 0.6) is 0 Å². The lowest BCUT2D eigenvalue weighted by atomic mass is 10.1. The van der Waals surface area contributed by atoms with Crippen LogP contribution in [0.15, 0.2) is 60.9 Å². The van der Waals surface area contributed by atoms with Gasteiger partial charge in [-0.3, -0.25) is 9.78 Å². The monoisotopic (exact) mass is 386 g/mol. The molecule has 1 amide bonds. The number of aromatic nitrogens is 2. The van der Waals surface area contributed by atoms with E-state index in [1.165, 1.54) is 18.3 Å². The summed E-state index contributed by atoms with van der Waals surface area (Å²) in [6.45, 7) is 2.13. The highest BCUT2D eigenvalue weighted by molar-refractivity contribution is 5.99. The molecule has 0 aliphatic rings. The van der Waals surface area contributed by atoms with E-state index in [2.05, 4.69) is 20.6 Å². The Morgan fingerprint density at radius 3 is 2.61 bits per heavy atom. The molecule has 0 saturated heterocycles. The summed E-state index contributed by atoms with van der Waals surface area (Å²) in [4.78, 5) is 20.8. The summed E-state index contributed by atoms with van der Waals surface area (Å²) >= 11 is 0. The fraction of sp³-hybridized carbons (Fsp3) is 0.150. The number of halogens is 3. The van der Waals surface area contributed by atoms with Crippen molar-refractivity contribution in [3.05, 3.63) is 83.3 Å². The number of aryl methyl sites for hydroxylation is 1. The molecule has 0 radical (unpaired) electrons. The topological polar surface area (TPSA) is 66.9 Å². The van der Waals surface area contributed by atoms with Gasteiger partial charge in [0, 0.05) is 30.3 Å². The van der Waals surface area contributed by atoms with Gasteiger partial charge < -0.3 is 10.6 Å². The van der Waals surface area contributed by atoms with Gasteiger partial charge in [-0.15, -0.1) is 0 Å². The van der Waals surface area contributed by atoms with E-state index in [-0.39, 0.29) is 23.6 Å². The lowest BCUT2D eigenvalue weighted by molar-refractivity contribution is -0.137. The van der Waals surface area contributed by atoms with Crippen LogP contribution >= 0.6 is 0 Å². The number of rotatable bonds is 5. The maximum atomic E-state index is 12.9. The molecule has 0 fully saturated rings. The van der Waals surface area contributed by atoms with E-state index < -0.39 is 17.6 Å². The van der Waals surface area contributed by atoms with Crippen molar-refractivity contribution in [2.75, 3.05) is 5.32 Å². The average molecular weight is 386 g/mol. The van der Waals surface area contributed by atoms with Crippen LogP contribution in [0.4, 0.5) is 24.7 Å². The zero-order chi connectivity index (χ0) is 20.1. The van der Waals surface area contributed by atoms with Crippen LogP contribution < -0.4 is 10.6 Å². The number of carbonyl (C=O) groups is 1. The summed E-state index contributed by atoms with van der Waals surface area (Å²) in [6, 6.07) is 11.5. The Labute approximate surface area is 159 Å². The third-order valence-corrected chi connectivity index (χ3v) is 3.93. The Balaban J connectivity index is 1.75. The van der Waals surface area contributed by atoms with Crippen molar-refractivity contribution < 1.29 is 18.0 Å². The first-order valence-electron chi connectivity index (χ1n) is 8.42. The van der Waals surface area contributed by atoms with Crippen LogP contribution in [-0.4, -0.2) is 15.9 Å². The van der Waals surface area contributed by atoms with Crippen LogP contribution in [0.1, 0.15) is 27.2 Å². The summed E-state index contributed by atoms with van der Waals surface area (Å²) < 4.78 is 38.7. The number of benzene rings is 1. The highest BCUT2D eigenvalue weighted by Crippen LogP contribution is 2.31. The molecule has 0 bridgehead atoms. The Bertz CT molecular complexity index is 972. The maximum absolute atomic E-state index is 12.9. The summed E-state index contributed by atoms with van der Waals surface area (Å²) in [5, 5.41) is 5.54. The van der Waals surface area contributed by atoms with Crippen molar-refractivity contribution in [1.82, 2.24) is 15.3 Å². The summed E-state index contributed by atoms with van der Waals surface area (Å²) in [7, 11) is 0. The van der Waals surface area contributed by atoms with Crippen LogP contribution in [-0.2, 0) is 12.7 Å². The van der Waals surface area contributed by atoms with Crippen molar-refractivity contribution >= 4 is 17.4 Å². The Morgan fingerprint density at radius 2 is 1.89 bits per heavy atom. The number of nitrogens with zero attached hydrogens (tertiary/aromatic N) is 2. The maximum Gasteiger partial charge on any atom is 0.416 e. The van der Waals surface area contributed by atoms with Crippen LogP contribution in [0.25, 0.3) is 0 Å². The van der Waals surface area contributed by atoms with Gasteiger partial charge in [0.1, 0.15) is 5.82 Å². The first kappa shape index (κ1) is 19.3. The van der Waals surface area contributed by atoms with Crippen molar-refractivity contribution in [1.29, 1.82) is 0 Å². The Hall–Kier alpha value is -3.42. The molecule has 1 aromatic carbocycles. The Morgan fingerprint density at radius 1 is 1.07 bits per heavy atom. The molecule has 2 aromatic heterocycles. The van der Waals surface area contributed by atoms with E-state index in [1.807, 2.05) is 19.1 Å². The minimum atomic E-state index is -4.45. The van der Waals surface area contributed by atoms with Gasteiger partial charge in [-0.1, -0.05) is 12.1 Å². The fourth-order valence-corrected chi connectivity index (χ4v) is 2.48. The number of nitrogens with one attached hydrogen (secondary N) is 2. The largest absolute Gasteiger partial charge is 0.416 e. The molecule has 0 unspecified atom stereocenters. The van der Waals surface area contributed by atoms with Gasteiger partial charge in [0.05, 0.1) is 11.1 Å². The molecular weight excluding hydrogens is 369 g/mol. The van der Waals surface area contributed by atoms with Crippen LogP contribution in [0.3, 0.4) is 0 Å². The molecule has 0 saturated carbocycles. The van der Waals surface area contributed by atoms with Gasteiger partial charge in [0.15, 0.2) is 0 Å². The molecule has 28 heavy (non-hydrogen) atoms. The zero-order valence-electron chi connectivity index (χ0n) is 14.9. The van der Waals surface area contributed by atoms with E-state index in [0.717, 1.165) is 23.4 Å². The molecule has 0 aliphatic carbocycles. The lowest BCUT2D eigenvalue weighted by Crippen LogP contribution is -2.24. The predicted octanol–water partition coefficient (Wildman–Crippen LogP) is 4.48. The van der Waals surface area contributed by atoms with Crippen molar-refractivity contribution in [3.63, 3.8) is 0 Å². The van der Waals surface area contributed by atoms with Gasteiger partial charge in [-0.2, -0.15) is 13.2 Å². The van der Waals surface area contributed by atoms with E-state index in [4.69, 9.17) is 0 Å². The molecule has 8 heteroatoms. The number of alkyl halides is 3. The molecule has 3 rings (SSSR count). The number of pyridine rings is 2. The SMILES string of the molecule is Cc1ccc(CNC(=O)c2cccnc2Nc2cccc(C(F)(F)F)c2)cn1. The van der Waals surface area contributed by atoms with Gasteiger partial charge in [0.25, 0.3) is 5.91 Å². The summed E-state index contributed by atoms with van der Waals surface area (Å²) in [6.07, 6.45) is -1.33. The quantitative estimate of drug-likeness (QED) is 0.679. The van der Waals surface area contributed by atoms with Crippen molar-refractivity contribution in [3.8, 4) is 0 Å². The third kappa shape index (κ3) is 4.85. The third-order valence-electron chi connectivity index (χ3n) is 3.93. The van der Waals surface area contributed by atoms with Crippen LogP contribution in [0.2, 0.25) is 0 Å². The second-order valence-corrected chi connectivity index (χ2v) is 6.09. The molecule has 0 atom stereocenters. The number of anilines is 2. The van der Waals surface area contributed by atoms with Gasteiger partial charge in [-0.05, 0) is 48.9 Å². The number of hydrogen-bond acceptors (Lipinski definition) is 4. The first-order valence-corrected chi connectivity index (χ1v) is 8.42. The van der Waals surface area contributed by atoms with E-state index in [0.29, 0.717) is 0 Å². The molecule has 144 valence electrons. The van der Waals surface area contributed by atoms with Crippen LogP contribution in [0, 0.1) is 6.92 Å². The van der Waals surface area contributed by atoms with E-state index >= 15 is 0 Å². The molecule has 5 nitrogen and oxygen atoms in total. The Kier molecular flexibility index (Phi) is 5.58. The minimum Gasteiger partial charge on any atom is -0.348 e. The number of carbonyl (C=O) groups excluding carboxylic acids is 1. The van der Waals surface area contributed by atoms with Gasteiger partial charge in [-0.25, -0.2) is 4.98 Å². The fourth-order valence-electron chi connectivity index (χ4n) is 2.48. The summed E-state index contributed by atoms with van der Waals surface area (Å²) in [5.74, 6) is -0.232. The van der Waals surface area contributed by atoms with Gasteiger partial charge in [0.2, 0.25) is 0 Å².